The van der Waals surface area contributed by atoms with E-state index in [0.717, 1.165) is 37.8 Å². The largest absolute Gasteiger partial charge is 0.491 e. The van der Waals surface area contributed by atoms with Gasteiger partial charge >= 0.3 is 0 Å². The maximum Gasteiger partial charge on any atom is 0.165 e. The second kappa shape index (κ2) is 9.54. The molecule has 0 heterocycles. The molecule has 1 aromatic carbocycles. The van der Waals surface area contributed by atoms with Crippen molar-refractivity contribution in [2.24, 2.45) is 0 Å². The Bertz CT molecular complexity index is 406. The van der Waals surface area contributed by atoms with Gasteiger partial charge in [0.15, 0.2) is 11.6 Å². The summed E-state index contributed by atoms with van der Waals surface area (Å²) in [5.41, 5.74) is 0.947. The summed E-state index contributed by atoms with van der Waals surface area (Å²) in [6.07, 6.45) is 6.11. The molecule has 0 radical (unpaired) electrons. The summed E-state index contributed by atoms with van der Waals surface area (Å²) in [5.74, 6) is 0.0690. The van der Waals surface area contributed by atoms with Crippen LogP contribution in [0.5, 0.6) is 5.75 Å². The molecule has 0 aliphatic rings. The van der Waals surface area contributed by atoms with Crippen molar-refractivity contribution < 1.29 is 9.13 Å². The Balaban J connectivity index is 2.41. The van der Waals surface area contributed by atoms with Crippen LogP contribution in [-0.4, -0.2) is 13.2 Å². The molecule has 0 aliphatic carbocycles. The summed E-state index contributed by atoms with van der Waals surface area (Å²) in [6, 6.07) is 5.36. The van der Waals surface area contributed by atoms with E-state index in [2.05, 4.69) is 11.9 Å². The van der Waals surface area contributed by atoms with Crippen LogP contribution in [0.25, 0.3) is 0 Å². The van der Waals surface area contributed by atoms with Gasteiger partial charge in [-0.25, -0.2) is 4.39 Å². The zero-order valence-corrected chi connectivity index (χ0v) is 12.6. The van der Waals surface area contributed by atoms with Gasteiger partial charge in [0.25, 0.3) is 0 Å². The minimum Gasteiger partial charge on any atom is -0.491 e. The van der Waals surface area contributed by atoms with E-state index >= 15 is 0 Å². The van der Waals surface area contributed by atoms with Crippen LogP contribution in [0.3, 0.4) is 0 Å². The third kappa shape index (κ3) is 5.74. The number of unbranched alkanes of at least 4 members (excludes halogenated alkanes) is 3. The molecule has 2 nitrogen and oxygen atoms in total. The molecule has 1 rings (SSSR count). The van der Waals surface area contributed by atoms with Crippen molar-refractivity contribution in [1.29, 1.82) is 0 Å². The second-order valence-electron chi connectivity index (χ2n) is 4.96. The molecule has 0 saturated carbocycles. The smallest absolute Gasteiger partial charge is 0.165 e. The van der Waals surface area contributed by atoms with Crippen molar-refractivity contribution in [2.45, 2.75) is 45.6 Å². The van der Waals surface area contributed by atoms with Crippen molar-refractivity contribution >= 4 is 0 Å². The number of rotatable bonds is 10. The second-order valence-corrected chi connectivity index (χ2v) is 4.96. The first-order valence-corrected chi connectivity index (χ1v) is 7.45. The summed E-state index contributed by atoms with van der Waals surface area (Å²) in [4.78, 5) is 0. The average Bonchev–Trinajstić information content (AvgIpc) is 2.44. The lowest BCUT2D eigenvalue weighted by molar-refractivity contribution is 0.290. The van der Waals surface area contributed by atoms with E-state index in [1.807, 2.05) is 26.0 Å². The summed E-state index contributed by atoms with van der Waals surface area (Å²) in [5, 5.41) is 3.26. The average molecular weight is 279 g/mol. The van der Waals surface area contributed by atoms with Gasteiger partial charge in [-0.15, -0.1) is 6.58 Å². The van der Waals surface area contributed by atoms with E-state index in [1.165, 1.54) is 0 Å². The van der Waals surface area contributed by atoms with Gasteiger partial charge in [-0.05, 0) is 56.8 Å². The molecule has 0 fully saturated rings. The number of benzene rings is 1. The minimum absolute atomic E-state index is 0.155. The summed E-state index contributed by atoms with van der Waals surface area (Å²) in [7, 11) is 0. The quantitative estimate of drug-likeness (QED) is 0.498. The highest BCUT2D eigenvalue weighted by atomic mass is 19.1. The number of ether oxygens (including phenoxy) is 1. The van der Waals surface area contributed by atoms with Crippen LogP contribution in [0.15, 0.2) is 30.9 Å². The predicted octanol–water partition coefficient (Wildman–Crippen LogP) is 4.62. The van der Waals surface area contributed by atoms with E-state index in [-0.39, 0.29) is 11.9 Å². The molecule has 1 aromatic rings. The fourth-order valence-corrected chi connectivity index (χ4v) is 2.08. The molecule has 0 saturated heterocycles. The Morgan fingerprint density at radius 3 is 2.80 bits per heavy atom. The Labute approximate surface area is 122 Å². The molecule has 20 heavy (non-hydrogen) atoms. The first kappa shape index (κ1) is 16.7. The van der Waals surface area contributed by atoms with E-state index < -0.39 is 0 Å². The predicted molar refractivity (Wildman–Crippen MR) is 82.7 cm³/mol. The Morgan fingerprint density at radius 2 is 2.15 bits per heavy atom. The standard InChI is InChI=1S/C17H26FNO/c1-4-6-7-8-9-12-20-17-11-10-15(13-16(17)18)14(3)19-5-2/h4,10-11,13-14,19H,1,5-9,12H2,2-3H3. The lowest BCUT2D eigenvalue weighted by Crippen LogP contribution is -2.17. The SMILES string of the molecule is C=CCCCCCOc1ccc(C(C)NCC)cc1F. The van der Waals surface area contributed by atoms with E-state index in [1.54, 1.807) is 12.1 Å². The zero-order valence-electron chi connectivity index (χ0n) is 12.6. The van der Waals surface area contributed by atoms with Crippen LogP contribution in [0.4, 0.5) is 4.39 Å². The van der Waals surface area contributed by atoms with Crippen molar-refractivity contribution in [3.8, 4) is 5.75 Å². The highest BCUT2D eigenvalue weighted by molar-refractivity contribution is 5.30. The highest BCUT2D eigenvalue weighted by Gasteiger charge is 2.09. The molecule has 1 N–H and O–H groups in total. The van der Waals surface area contributed by atoms with Gasteiger partial charge in [0.1, 0.15) is 0 Å². The third-order valence-electron chi connectivity index (χ3n) is 3.28. The third-order valence-corrected chi connectivity index (χ3v) is 3.28. The van der Waals surface area contributed by atoms with Crippen LogP contribution >= 0.6 is 0 Å². The van der Waals surface area contributed by atoms with Crippen LogP contribution < -0.4 is 10.1 Å². The normalized spacial score (nSPS) is 12.2. The summed E-state index contributed by atoms with van der Waals surface area (Å²) < 4.78 is 19.4. The fraction of sp³-hybridized carbons (Fsp3) is 0.529. The molecule has 0 aliphatic heterocycles. The Morgan fingerprint density at radius 1 is 1.35 bits per heavy atom. The topological polar surface area (TPSA) is 21.3 Å². The first-order valence-electron chi connectivity index (χ1n) is 7.45. The molecular weight excluding hydrogens is 253 g/mol. The van der Waals surface area contributed by atoms with Crippen LogP contribution in [0, 0.1) is 5.82 Å². The number of allylic oxidation sites excluding steroid dienone is 1. The Kier molecular flexibility index (Phi) is 7.97. The monoisotopic (exact) mass is 279 g/mol. The van der Waals surface area contributed by atoms with Gasteiger partial charge in [0.2, 0.25) is 0 Å². The molecule has 0 aromatic heterocycles. The number of nitrogens with one attached hydrogen (secondary N) is 1. The molecule has 1 unspecified atom stereocenters. The molecule has 0 bridgehead atoms. The van der Waals surface area contributed by atoms with E-state index in [4.69, 9.17) is 4.74 Å². The Hall–Kier alpha value is -1.35. The van der Waals surface area contributed by atoms with Crippen LogP contribution in [0.2, 0.25) is 0 Å². The van der Waals surface area contributed by atoms with Gasteiger partial charge < -0.3 is 10.1 Å². The van der Waals surface area contributed by atoms with Crippen molar-refractivity contribution in [1.82, 2.24) is 5.32 Å². The van der Waals surface area contributed by atoms with E-state index in [9.17, 15) is 4.39 Å². The molecule has 0 spiro atoms. The van der Waals surface area contributed by atoms with Crippen molar-refractivity contribution in [3.63, 3.8) is 0 Å². The minimum atomic E-state index is -0.279. The maximum absolute atomic E-state index is 13.9. The van der Waals surface area contributed by atoms with Gasteiger partial charge in [-0.2, -0.15) is 0 Å². The molecule has 1 atom stereocenters. The van der Waals surface area contributed by atoms with Gasteiger partial charge in [0.05, 0.1) is 6.61 Å². The van der Waals surface area contributed by atoms with Gasteiger partial charge in [-0.1, -0.05) is 19.1 Å². The lowest BCUT2D eigenvalue weighted by atomic mass is 10.1. The summed E-state index contributed by atoms with van der Waals surface area (Å²) in [6.45, 7) is 9.18. The van der Waals surface area contributed by atoms with Gasteiger partial charge in [0, 0.05) is 6.04 Å². The van der Waals surface area contributed by atoms with E-state index in [0.29, 0.717) is 12.4 Å². The number of halogens is 1. The van der Waals surface area contributed by atoms with Crippen LogP contribution in [-0.2, 0) is 0 Å². The lowest BCUT2D eigenvalue weighted by Gasteiger charge is -2.14. The van der Waals surface area contributed by atoms with Crippen LogP contribution in [0.1, 0.15) is 51.1 Å². The molecule has 0 amide bonds. The highest BCUT2D eigenvalue weighted by Crippen LogP contribution is 2.22. The zero-order chi connectivity index (χ0) is 14.8. The van der Waals surface area contributed by atoms with Crippen molar-refractivity contribution in [3.05, 3.63) is 42.2 Å². The molecule has 112 valence electrons. The maximum atomic E-state index is 13.9. The molecular formula is C17H26FNO. The first-order chi connectivity index (χ1) is 9.69. The van der Waals surface area contributed by atoms with Crippen molar-refractivity contribution in [2.75, 3.05) is 13.2 Å². The number of hydrogen-bond acceptors (Lipinski definition) is 2. The number of hydrogen-bond donors (Lipinski definition) is 1. The summed E-state index contributed by atoms with van der Waals surface area (Å²) >= 11 is 0. The molecule has 3 heteroatoms. The van der Waals surface area contributed by atoms with Gasteiger partial charge in [-0.3, -0.25) is 0 Å². The fourth-order valence-electron chi connectivity index (χ4n) is 2.08.